The molecule has 0 saturated heterocycles. The largest absolute Gasteiger partial charge is 0.488 e. The third kappa shape index (κ3) is 5.21. The molecule has 11 heteroatoms. The average molecular weight is 521 g/mol. The van der Waals surface area contributed by atoms with Crippen LogP contribution in [0.15, 0.2) is 58.1 Å². The predicted octanol–water partition coefficient (Wildman–Crippen LogP) is 7.05. The Morgan fingerprint density at radius 1 is 0.906 bits per heavy atom. The first-order chi connectivity index (χ1) is 15.1. The summed E-state index contributed by atoms with van der Waals surface area (Å²) in [7, 11) is 0. The van der Waals surface area contributed by atoms with Crippen molar-refractivity contribution in [2.24, 2.45) is 5.10 Å². The number of benzene rings is 3. The lowest BCUT2D eigenvalue weighted by molar-refractivity contribution is -0.143. The van der Waals surface area contributed by atoms with E-state index in [-0.39, 0.29) is 6.61 Å². The fraction of sp³-hybridized carbons (Fsp3) is 0.0952. The van der Waals surface area contributed by atoms with Gasteiger partial charge in [0.25, 0.3) is 0 Å². The fourth-order valence-electron chi connectivity index (χ4n) is 2.63. The Morgan fingerprint density at radius 3 is 2.12 bits per heavy atom. The van der Waals surface area contributed by atoms with Crippen LogP contribution >= 0.6 is 15.9 Å². The van der Waals surface area contributed by atoms with E-state index < -0.39 is 40.7 Å². The van der Waals surface area contributed by atoms with E-state index in [2.05, 4.69) is 21.0 Å². The van der Waals surface area contributed by atoms with Crippen LogP contribution in [0, 0.1) is 23.3 Å². The Kier molecular flexibility index (Phi) is 7.07. The molecule has 0 unspecified atom stereocenters. The molecule has 0 aromatic heterocycles. The normalized spacial score (nSPS) is 11.8. The second-order valence-corrected chi connectivity index (χ2v) is 7.25. The Balaban J connectivity index is 1.86. The summed E-state index contributed by atoms with van der Waals surface area (Å²) in [5.74, 6) is -9.37. The molecule has 0 aliphatic carbocycles. The van der Waals surface area contributed by atoms with E-state index in [4.69, 9.17) is 4.74 Å². The van der Waals surface area contributed by atoms with Gasteiger partial charge in [-0.05, 0) is 23.8 Å². The number of nitrogens with one attached hydrogen (secondary N) is 1. The van der Waals surface area contributed by atoms with E-state index in [1.54, 1.807) is 17.6 Å². The first-order valence-electron chi connectivity index (χ1n) is 8.78. The summed E-state index contributed by atoms with van der Waals surface area (Å²) in [6.07, 6.45) is -4.60. The molecule has 0 heterocycles. The minimum atomic E-state index is -5.63. The molecule has 168 valence electrons. The molecule has 0 atom stereocenters. The number of alkyl halides is 3. The predicted molar refractivity (Wildman–Crippen MR) is 107 cm³/mol. The molecule has 0 fully saturated rings. The van der Waals surface area contributed by atoms with Gasteiger partial charge in [-0.1, -0.05) is 46.3 Å². The molecule has 0 aliphatic rings. The average Bonchev–Trinajstić information content (AvgIpc) is 2.74. The zero-order valence-electron chi connectivity index (χ0n) is 15.8. The monoisotopic (exact) mass is 520 g/mol. The Morgan fingerprint density at radius 2 is 1.53 bits per heavy atom. The van der Waals surface area contributed by atoms with E-state index in [0.29, 0.717) is 15.8 Å². The highest BCUT2D eigenvalue weighted by atomic mass is 79.9. The van der Waals surface area contributed by atoms with E-state index in [9.17, 15) is 30.7 Å². The maximum atomic E-state index is 14.0. The fourth-order valence-corrected chi connectivity index (χ4v) is 3.01. The molecule has 0 radical (unpaired) electrons. The second-order valence-electron chi connectivity index (χ2n) is 6.33. The summed E-state index contributed by atoms with van der Waals surface area (Å²) in [6.45, 7) is 0.190. The highest BCUT2D eigenvalue weighted by molar-refractivity contribution is 9.10. The lowest BCUT2D eigenvalue weighted by Gasteiger charge is -2.13. The second kappa shape index (κ2) is 9.60. The SMILES string of the molecule is Fc1c(F)c(C(F)(F)F)c(F)c(F)c1NN=Cc1cc(Br)ccc1OCc1ccccc1. The van der Waals surface area contributed by atoms with Crippen molar-refractivity contribution in [1.29, 1.82) is 0 Å². The third-order valence-electron chi connectivity index (χ3n) is 4.14. The Bertz CT molecular complexity index is 1120. The maximum Gasteiger partial charge on any atom is 0.422 e. The number of hydrogen-bond donors (Lipinski definition) is 1. The molecule has 0 saturated carbocycles. The maximum absolute atomic E-state index is 14.0. The van der Waals surface area contributed by atoms with E-state index in [1.807, 2.05) is 30.3 Å². The molecule has 0 amide bonds. The summed E-state index contributed by atoms with van der Waals surface area (Å²) in [6, 6.07) is 13.9. The molecule has 3 rings (SSSR count). The third-order valence-corrected chi connectivity index (χ3v) is 4.63. The molecule has 1 N–H and O–H groups in total. The molecule has 0 bridgehead atoms. The van der Waals surface area contributed by atoms with Crippen molar-refractivity contribution >= 4 is 27.8 Å². The smallest absolute Gasteiger partial charge is 0.422 e. The van der Waals surface area contributed by atoms with Crippen molar-refractivity contribution in [2.45, 2.75) is 12.8 Å². The van der Waals surface area contributed by atoms with Crippen LogP contribution in [0.5, 0.6) is 5.75 Å². The van der Waals surface area contributed by atoms with E-state index >= 15 is 0 Å². The van der Waals surface area contributed by atoms with Crippen molar-refractivity contribution in [3.63, 3.8) is 0 Å². The van der Waals surface area contributed by atoms with Gasteiger partial charge in [0.1, 0.15) is 23.6 Å². The van der Waals surface area contributed by atoms with Gasteiger partial charge in [0.05, 0.1) is 6.21 Å². The van der Waals surface area contributed by atoms with Gasteiger partial charge in [-0.15, -0.1) is 0 Å². The summed E-state index contributed by atoms with van der Waals surface area (Å²) in [5, 5.41) is 3.49. The minimum absolute atomic E-state index is 0.190. The zero-order valence-corrected chi connectivity index (χ0v) is 17.4. The number of hydrogen-bond acceptors (Lipinski definition) is 3. The molecule has 0 aliphatic heterocycles. The summed E-state index contributed by atoms with van der Waals surface area (Å²) in [4.78, 5) is 0. The van der Waals surface area contributed by atoms with Crippen molar-refractivity contribution in [1.82, 2.24) is 0 Å². The number of anilines is 1. The first kappa shape index (κ1) is 23.6. The van der Waals surface area contributed by atoms with Crippen LogP contribution in [-0.2, 0) is 12.8 Å². The lowest BCUT2D eigenvalue weighted by atomic mass is 10.1. The number of hydrazone groups is 1. The summed E-state index contributed by atoms with van der Waals surface area (Å²) >= 11 is 3.23. The van der Waals surface area contributed by atoms with Crippen LogP contribution in [0.25, 0.3) is 0 Å². The van der Waals surface area contributed by atoms with Crippen LogP contribution in [0.2, 0.25) is 0 Å². The standard InChI is InChI=1S/C21H12BrF7N2O/c22-13-6-7-14(32-10-11-4-2-1-3-5-11)12(8-13)9-30-31-20-18(25)16(23)15(21(27,28)29)17(24)19(20)26/h1-9,31H,10H2. The quantitative estimate of drug-likeness (QED) is 0.163. The molecule has 3 aromatic carbocycles. The van der Waals surface area contributed by atoms with Gasteiger partial charge in [-0.25, -0.2) is 17.6 Å². The number of halogens is 8. The van der Waals surface area contributed by atoms with Gasteiger partial charge in [0, 0.05) is 10.0 Å². The van der Waals surface area contributed by atoms with Crippen molar-refractivity contribution < 1.29 is 35.5 Å². The van der Waals surface area contributed by atoms with Crippen LogP contribution < -0.4 is 10.2 Å². The van der Waals surface area contributed by atoms with Crippen LogP contribution in [0.3, 0.4) is 0 Å². The van der Waals surface area contributed by atoms with Gasteiger partial charge in [0.15, 0.2) is 23.3 Å². The van der Waals surface area contributed by atoms with Gasteiger partial charge < -0.3 is 4.74 Å². The zero-order chi connectivity index (χ0) is 23.5. The van der Waals surface area contributed by atoms with Crippen molar-refractivity contribution in [3.8, 4) is 5.75 Å². The highest BCUT2D eigenvalue weighted by Gasteiger charge is 2.42. The molecule has 0 spiro atoms. The Hall–Kier alpha value is -3.08. The van der Waals surface area contributed by atoms with Gasteiger partial charge in [0.2, 0.25) is 0 Å². The van der Waals surface area contributed by atoms with E-state index in [1.165, 1.54) is 6.07 Å². The summed E-state index contributed by atoms with van der Waals surface area (Å²) in [5.41, 5.74) is -1.30. The van der Waals surface area contributed by atoms with Crippen LogP contribution in [0.4, 0.5) is 36.4 Å². The lowest BCUT2D eigenvalue weighted by Crippen LogP contribution is -2.16. The van der Waals surface area contributed by atoms with Crippen LogP contribution in [-0.4, -0.2) is 6.21 Å². The molecule has 32 heavy (non-hydrogen) atoms. The topological polar surface area (TPSA) is 33.6 Å². The van der Waals surface area contributed by atoms with Crippen molar-refractivity contribution in [3.05, 3.63) is 93.0 Å². The molecule has 3 aromatic rings. The number of nitrogens with zero attached hydrogens (tertiary/aromatic N) is 1. The number of ether oxygens (including phenoxy) is 1. The first-order valence-corrected chi connectivity index (χ1v) is 9.57. The minimum Gasteiger partial charge on any atom is -0.488 e. The van der Waals surface area contributed by atoms with Gasteiger partial charge in [-0.2, -0.15) is 18.3 Å². The van der Waals surface area contributed by atoms with E-state index in [0.717, 1.165) is 11.8 Å². The highest BCUT2D eigenvalue weighted by Crippen LogP contribution is 2.38. The Labute approximate surface area is 185 Å². The molecule has 3 nitrogen and oxygen atoms in total. The van der Waals surface area contributed by atoms with Gasteiger partial charge in [-0.3, -0.25) is 5.43 Å². The molecular formula is C21H12BrF7N2O. The van der Waals surface area contributed by atoms with Gasteiger partial charge >= 0.3 is 6.18 Å². The van der Waals surface area contributed by atoms with Crippen molar-refractivity contribution in [2.75, 3.05) is 5.43 Å². The summed E-state index contributed by atoms with van der Waals surface area (Å²) < 4.78 is 99.6. The van der Waals surface area contributed by atoms with Crippen LogP contribution in [0.1, 0.15) is 16.7 Å². The number of rotatable bonds is 6. The molecular weight excluding hydrogens is 509 g/mol.